The smallest absolute Gasteiger partial charge is 0.254 e. The minimum Gasteiger partial charge on any atom is -0.365 e. The van der Waals surface area contributed by atoms with Crippen molar-refractivity contribution in [3.63, 3.8) is 0 Å². The largest absolute Gasteiger partial charge is 0.365 e. The highest BCUT2D eigenvalue weighted by Crippen LogP contribution is 2.18. The molecule has 3 aromatic heterocycles. The molecular weight excluding hydrogens is 312 g/mol. The van der Waals surface area contributed by atoms with E-state index in [9.17, 15) is 9.59 Å². The topological polar surface area (TPSA) is 144 Å². The minimum absolute atomic E-state index is 0.191. The van der Waals surface area contributed by atoms with Gasteiger partial charge in [0.05, 0.1) is 6.20 Å². The van der Waals surface area contributed by atoms with Crippen LogP contribution >= 0.6 is 0 Å². The Kier molecular flexibility index (Phi) is 3.94. The molecule has 0 spiro atoms. The number of carbonyl (C=O) groups is 2. The number of nitrogens with one attached hydrogen (secondary N) is 2. The summed E-state index contributed by atoms with van der Waals surface area (Å²) in [4.78, 5) is 31.6. The van der Waals surface area contributed by atoms with Gasteiger partial charge in [0, 0.05) is 17.8 Å². The quantitative estimate of drug-likeness (QED) is 0.607. The van der Waals surface area contributed by atoms with Crippen LogP contribution in [0.3, 0.4) is 0 Å². The van der Waals surface area contributed by atoms with Crippen molar-refractivity contribution in [2.45, 2.75) is 26.7 Å². The number of aromatic nitrogens is 6. The van der Waals surface area contributed by atoms with Crippen LogP contribution < -0.4 is 11.1 Å². The van der Waals surface area contributed by atoms with Crippen molar-refractivity contribution < 1.29 is 9.59 Å². The van der Waals surface area contributed by atoms with Crippen molar-refractivity contribution in [2.24, 2.45) is 5.73 Å². The fourth-order valence-electron chi connectivity index (χ4n) is 2.55. The number of carbonyl (C=O) groups excluding carboxylic acids is 2. The van der Waals surface area contributed by atoms with Gasteiger partial charge in [-0.25, -0.2) is 14.6 Å². The predicted molar refractivity (Wildman–Crippen MR) is 84.3 cm³/mol. The summed E-state index contributed by atoms with van der Waals surface area (Å²) in [6.45, 7) is 3.69. The maximum atomic E-state index is 12.0. The van der Waals surface area contributed by atoms with E-state index in [0.717, 1.165) is 17.0 Å². The Hall–Kier alpha value is -3.30. The predicted octanol–water partition coefficient (Wildman–Crippen LogP) is 0.134. The molecule has 0 radical (unpaired) electrons. The second kappa shape index (κ2) is 6.07. The molecule has 2 amide bonds. The van der Waals surface area contributed by atoms with Gasteiger partial charge in [-0.3, -0.25) is 14.9 Å². The van der Waals surface area contributed by atoms with Crippen molar-refractivity contribution in [2.75, 3.05) is 5.32 Å². The lowest BCUT2D eigenvalue weighted by Gasteiger charge is -2.11. The number of nitrogens with zero attached hydrogens (tertiary/aromatic N) is 5. The number of H-pyrrole nitrogens is 1. The Labute approximate surface area is 136 Å². The van der Waals surface area contributed by atoms with Crippen molar-refractivity contribution in [3.8, 4) is 0 Å². The summed E-state index contributed by atoms with van der Waals surface area (Å²) >= 11 is 0. The molecule has 0 aliphatic carbocycles. The molecule has 0 saturated carbocycles. The first-order valence-electron chi connectivity index (χ1n) is 7.26. The van der Waals surface area contributed by atoms with Gasteiger partial charge in [0.2, 0.25) is 11.9 Å². The average molecular weight is 328 g/mol. The zero-order chi connectivity index (χ0) is 17.3. The van der Waals surface area contributed by atoms with Crippen molar-refractivity contribution in [1.29, 1.82) is 0 Å². The number of anilines is 1. The van der Waals surface area contributed by atoms with E-state index in [0.29, 0.717) is 18.0 Å². The van der Waals surface area contributed by atoms with Crippen LogP contribution in [0.5, 0.6) is 0 Å². The third-order valence-corrected chi connectivity index (χ3v) is 3.75. The maximum Gasteiger partial charge on any atom is 0.254 e. The molecule has 0 unspecified atom stereocenters. The molecular formula is C14H16N8O2. The van der Waals surface area contributed by atoms with Crippen LogP contribution in [0.2, 0.25) is 0 Å². The van der Waals surface area contributed by atoms with E-state index in [2.05, 4.69) is 30.6 Å². The first-order valence-corrected chi connectivity index (χ1v) is 7.26. The van der Waals surface area contributed by atoms with E-state index in [1.54, 1.807) is 4.52 Å². The number of rotatable bonds is 5. The molecule has 24 heavy (non-hydrogen) atoms. The minimum atomic E-state index is -0.574. The lowest BCUT2D eigenvalue weighted by molar-refractivity contribution is -0.116. The molecule has 0 aliphatic heterocycles. The number of nitrogens with two attached hydrogens (primary N) is 1. The standard InChI is InChI=1S/C14H16N8O2/c1-7-9(3-4-11(23)20-14-16-6-17-21-14)8(2)22-13(19-7)10(5-18-22)12(15)24/h5-6H,3-4H2,1-2H3,(H2,15,24)(H2,16,17,20,21,23). The SMILES string of the molecule is Cc1nc2c(C(N)=O)cnn2c(C)c1CCC(=O)Nc1ncn[nH]1. The van der Waals surface area contributed by atoms with Crippen molar-refractivity contribution in [1.82, 2.24) is 29.8 Å². The van der Waals surface area contributed by atoms with E-state index in [-0.39, 0.29) is 17.9 Å². The summed E-state index contributed by atoms with van der Waals surface area (Å²) in [6.07, 6.45) is 3.44. The molecule has 3 heterocycles. The third-order valence-electron chi connectivity index (χ3n) is 3.75. The van der Waals surface area contributed by atoms with E-state index in [1.165, 1.54) is 12.5 Å². The molecule has 3 aromatic rings. The molecule has 124 valence electrons. The van der Waals surface area contributed by atoms with Crippen LogP contribution in [0.4, 0.5) is 5.95 Å². The normalized spacial score (nSPS) is 10.9. The summed E-state index contributed by atoms with van der Waals surface area (Å²) < 4.78 is 1.57. The summed E-state index contributed by atoms with van der Waals surface area (Å²) in [7, 11) is 0. The zero-order valence-corrected chi connectivity index (χ0v) is 13.2. The summed E-state index contributed by atoms with van der Waals surface area (Å²) in [5, 5.41) is 13.0. The molecule has 10 heteroatoms. The molecule has 0 saturated heterocycles. The summed E-state index contributed by atoms with van der Waals surface area (Å²) in [6, 6.07) is 0. The summed E-state index contributed by atoms with van der Waals surface area (Å²) in [5.41, 5.74) is 8.47. The molecule has 0 bridgehead atoms. The van der Waals surface area contributed by atoms with Gasteiger partial charge in [-0.05, 0) is 25.8 Å². The van der Waals surface area contributed by atoms with Gasteiger partial charge in [-0.15, -0.1) is 0 Å². The van der Waals surface area contributed by atoms with Gasteiger partial charge in [0.25, 0.3) is 5.91 Å². The summed E-state index contributed by atoms with van der Waals surface area (Å²) in [5.74, 6) is -0.459. The van der Waals surface area contributed by atoms with Gasteiger partial charge in [0.15, 0.2) is 5.65 Å². The van der Waals surface area contributed by atoms with E-state index in [4.69, 9.17) is 5.73 Å². The van der Waals surface area contributed by atoms with Crippen LogP contribution in [0.25, 0.3) is 5.65 Å². The molecule has 0 aromatic carbocycles. The molecule has 10 nitrogen and oxygen atoms in total. The maximum absolute atomic E-state index is 12.0. The Morgan fingerprint density at radius 3 is 2.83 bits per heavy atom. The average Bonchev–Trinajstić information content (AvgIpc) is 3.16. The van der Waals surface area contributed by atoms with Gasteiger partial charge in [-0.2, -0.15) is 15.2 Å². The van der Waals surface area contributed by atoms with Gasteiger partial charge in [-0.1, -0.05) is 0 Å². The second-order valence-electron chi connectivity index (χ2n) is 5.30. The number of fused-ring (bicyclic) bond motifs is 1. The van der Waals surface area contributed by atoms with Crippen LogP contribution in [-0.2, 0) is 11.2 Å². The number of hydrogen-bond donors (Lipinski definition) is 3. The fraction of sp³-hybridized carbons (Fsp3) is 0.286. The Bertz CT molecular complexity index is 913. The van der Waals surface area contributed by atoms with Gasteiger partial charge < -0.3 is 5.73 Å². The number of aromatic amines is 1. The Balaban J connectivity index is 1.82. The van der Waals surface area contributed by atoms with Crippen molar-refractivity contribution >= 4 is 23.4 Å². The first-order chi connectivity index (χ1) is 11.5. The molecule has 3 rings (SSSR count). The van der Waals surface area contributed by atoms with Gasteiger partial charge >= 0.3 is 0 Å². The molecule has 0 aliphatic rings. The number of hydrogen-bond acceptors (Lipinski definition) is 6. The number of primary amides is 1. The fourth-order valence-corrected chi connectivity index (χ4v) is 2.55. The Morgan fingerprint density at radius 2 is 2.17 bits per heavy atom. The molecule has 0 atom stereocenters. The van der Waals surface area contributed by atoms with E-state index >= 15 is 0 Å². The molecule has 0 fully saturated rings. The van der Waals surface area contributed by atoms with E-state index < -0.39 is 5.91 Å². The van der Waals surface area contributed by atoms with E-state index in [1.807, 2.05) is 13.8 Å². The van der Waals surface area contributed by atoms with Crippen LogP contribution in [0.1, 0.15) is 33.7 Å². The first kappa shape index (κ1) is 15.6. The van der Waals surface area contributed by atoms with Gasteiger partial charge in [0.1, 0.15) is 11.9 Å². The highest BCUT2D eigenvalue weighted by Gasteiger charge is 2.17. The molecule has 4 N–H and O–H groups in total. The highest BCUT2D eigenvalue weighted by molar-refractivity contribution is 5.98. The second-order valence-corrected chi connectivity index (χ2v) is 5.30. The van der Waals surface area contributed by atoms with Crippen LogP contribution in [0.15, 0.2) is 12.5 Å². The zero-order valence-electron chi connectivity index (χ0n) is 13.2. The highest BCUT2D eigenvalue weighted by atomic mass is 16.2. The Morgan fingerprint density at radius 1 is 1.38 bits per heavy atom. The van der Waals surface area contributed by atoms with Crippen molar-refractivity contribution in [3.05, 3.63) is 35.0 Å². The van der Waals surface area contributed by atoms with Crippen LogP contribution in [-0.4, -0.2) is 41.6 Å². The third kappa shape index (κ3) is 2.81. The lowest BCUT2D eigenvalue weighted by atomic mass is 10.1. The lowest BCUT2D eigenvalue weighted by Crippen LogP contribution is -2.15. The monoisotopic (exact) mass is 328 g/mol. The number of amides is 2. The number of aryl methyl sites for hydroxylation is 2. The van der Waals surface area contributed by atoms with Crippen LogP contribution in [0, 0.1) is 13.8 Å².